The van der Waals surface area contributed by atoms with Crippen molar-refractivity contribution in [3.8, 4) is 5.75 Å². The second-order valence-electron chi connectivity index (χ2n) is 9.39. The van der Waals surface area contributed by atoms with Crippen molar-refractivity contribution in [3.63, 3.8) is 0 Å². The molecule has 1 N–H and O–H groups in total. The Kier molecular flexibility index (Phi) is 8.28. The standard InChI is InChI=1S/C29H35N3O5/c1-5-6-7-8-17-37-22-13-11-21(12-14-22)25-23(27(34)29(35)32(25)16-18-36-4)26(33)24-20(3)31-15-9-10-19(2)28(31)30-24/h9-15,25,33H,5-8,16-18H2,1-4H3. The predicted octanol–water partition coefficient (Wildman–Crippen LogP) is 4.98. The minimum Gasteiger partial charge on any atom is -0.505 e. The minimum absolute atomic E-state index is 0.0264. The van der Waals surface area contributed by atoms with Gasteiger partial charge in [-0.05, 0) is 49.6 Å². The van der Waals surface area contributed by atoms with Crippen LogP contribution in [0.15, 0.2) is 48.2 Å². The Morgan fingerprint density at radius 1 is 1.05 bits per heavy atom. The first-order chi connectivity index (χ1) is 17.9. The van der Waals surface area contributed by atoms with Crippen LogP contribution in [0.3, 0.4) is 0 Å². The molecule has 3 heterocycles. The van der Waals surface area contributed by atoms with Gasteiger partial charge in [0.05, 0.1) is 30.5 Å². The van der Waals surface area contributed by atoms with Gasteiger partial charge in [-0.25, -0.2) is 4.98 Å². The third-order valence-corrected chi connectivity index (χ3v) is 6.85. The number of carbonyl (C=O) groups excluding carboxylic acids is 2. The van der Waals surface area contributed by atoms with E-state index in [1.54, 1.807) is 7.11 Å². The fourth-order valence-electron chi connectivity index (χ4n) is 4.79. The van der Waals surface area contributed by atoms with E-state index < -0.39 is 17.7 Å². The van der Waals surface area contributed by atoms with Crippen molar-refractivity contribution in [1.29, 1.82) is 0 Å². The van der Waals surface area contributed by atoms with Gasteiger partial charge in [0, 0.05) is 19.9 Å². The maximum atomic E-state index is 13.3. The van der Waals surface area contributed by atoms with Gasteiger partial charge < -0.3 is 23.9 Å². The molecule has 2 aromatic heterocycles. The van der Waals surface area contributed by atoms with Crippen LogP contribution in [0.4, 0.5) is 0 Å². The topological polar surface area (TPSA) is 93.4 Å². The number of hydrogen-bond acceptors (Lipinski definition) is 6. The molecule has 0 saturated carbocycles. The number of ketones is 1. The molecule has 8 heteroatoms. The molecule has 0 aliphatic carbocycles. The summed E-state index contributed by atoms with van der Waals surface area (Å²) < 4.78 is 12.9. The third-order valence-electron chi connectivity index (χ3n) is 6.85. The van der Waals surface area contributed by atoms with Gasteiger partial charge in [-0.2, -0.15) is 0 Å². The van der Waals surface area contributed by atoms with Gasteiger partial charge in [0.2, 0.25) is 0 Å². The van der Waals surface area contributed by atoms with Crippen molar-refractivity contribution in [3.05, 3.63) is 70.7 Å². The quantitative estimate of drug-likeness (QED) is 0.171. The molecule has 8 nitrogen and oxygen atoms in total. The van der Waals surface area contributed by atoms with Crippen LogP contribution in [0.1, 0.15) is 61.2 Å². The molecule has 0 radical (unpaired) electrons. The second-order valence-corrected chi connectivity index (χ2v) is 9.39. The first kappa shape index (κ1) is 26.4. The number of rotatable bonds is 11. The molecule has 1 fully saturated rings. The number of aromatic nitrogens is 2. The molecule has 1 saturated heterocycles. The van der Waals surface area contributed by atoms with Crippen LogP contribution in [0.5, 0.6) is 5.75 Å². The number of amides is 1. The van der Waals surface area contributed by atoms with E-state index in [0.717, 1.165) is 24.2 Å². The number of aliphatic hydroxyl groups excluding tert-OH is 1. The Morgan fingerprint density at radius 3 is 2.49 bits per heavy atom. The number of unbranched alkanes of at least 4 members (excludes halogenated alkanes) is 3. The number of hydrogen-bond donors (Lipinski definition) is 1. The molecule has 196 valence electrons. The Balaban J connectivity index is 1.72. The molecular formula is C29H35N3O5. The summed E-state index contributed by atoms with van der Waals surface area (Å²) in [5.74, 6) is -0.957. The summed E-state index contributed by atoms with van der Waals surface area (Å²) in [6, 6.07) is 10.4. The van der Waals surface area contributed by atoms with Gasteiger partial charge in [-0.1, -0.05) is 44.4 Å². The van der Waals surface area contributed by atoms with Gasteiger partial charge in [-0.3, -0.25) is 9.59 Å². The summed E-state index contributed by atoms with van der Waals surface area (Å²) in [5, 5.41) is 11.4. The lowest BCUT2D eigenvalue weighted by Gasteiger charge is -2.25. The zero-order valence-corrected chi connectivity index (χ0v) is 22.0. The first-order valence-corrected chi connectivity index (χ1v) is 12.8. The lowest BCUT2D eigenvalue weighted by molar-refractivity contribution is -0.140. The number of fused-ring (bicyclic) bond motifs is 1. The summed E-state index contributed by atoms with van der Waals surface area (Å²) in [7, 11) is 1.54. The lowest BCUT2D eigenvalue weighted by Crippen LogP contribution is -2.32. The van der Waals surface area contributed by atoms with Crippen LogP contribution in [-0.4, -0.2) is 57.9 Å². The number of imidazole rings is 1. The van der Waals surface area contributed by atoms with Gasteiger partial charge in [-0.15, -0.1) is 0 Å². The maximum absolute atomic E-state index is 13.3. The van der Waals surface area contributed by atoms with Gasteiger partial charge in [0.25, 0.3) is 11.7 Å². The molecule has 0 spiro atoms. The van der Waals surface area contributed by atoms with Crippen LogP contribution in [0.2, 0.25) is 0 Å². The number of ether oxygens (including phenoxy) is 2. The van der Waals surface area contributed by atoms with Crippen LogP contribution in [0.25, 0.3) is 11.4 Å². The van der Waals surface area contributed by atoms with E-state index in [1.807, 2.05) is 60.8 Å². The lowest BCUT2D eigenvalue weighted by atomic mass is 9.96. The SMILES string of the molecule is CCCCCCOc1ccc(C2C(=C(O)c3nc4c(C)cccn4c3C)C(=O)C(=O)N2CCOC)cc1. The number of aliphatic hydroxyl groups is 1. The van der Waals surface area contributed by atoms with Crippen LogP contribution in [-0.2, 0) is 14.3 Å². The van der Waals surface area contributed by atoms with Crippen molar-refractivity contribution in [2.75, 3.05) is 26.9 Å². The third kappa shape index (κ3) is 5.25. The fourth-order valence-corrected chi connectivity index (χ4v) is 4.79. The monoisotopic (exact) mass is 505 g/mol. The van der Waals surface area contributed by atoms with Crippen molar-refractivity contribution in [1.82, 2.24) is 14.3 Å². The number of pyridine rings is 1. The summed E-state index contributed by atoms with van der Waals surface area (Å²) >= 11 is 0. The minimum atomic E-state index is -0.765. The van der Waals surface area contributed by atoms with E-state index >= 15 is 0 Å². The Labute approximate surface area is 217 Å². The second kappa shape index (κ2) is 11.6. The van der Waals surface area contributed by atoms with Crippen molar-refractivity contribution < 1.29 is 24.2 Å². The molecule has 1 aromatic carbocycles. The Hall–Kier alpha value is -3.65. The molecule has 1 aliphatic heterocycles. The van der Waals surface area contributed by atoms with Crippen molar-refractivity contribution in [2.24, 2.45) is 0 Å². The summed E-state index contributed by atoms with van der Waals surface area (Å²) in [5.41, 5.74) is 3.33. The van der Waals surface area contributed by atoms with Crippen LogP contribution in [0, 0.1) is 13.8 Å². The average molecular weight is 506 g/mol. The molecule has 3 aromatic rings. The predicted molar refractivity (Wildman–Crippen MR) is 142 cm³/mol. The Bertz CT molecular complexity index is 1310. The molecule has 4 rings (SSSR count). The highest BCUT2D eigenvalue weighted by atomic mass is 16.5. The highest BCUT2D eigenvalue weighted by molar-refractivity contribution is 6.46. The molecular weight excluding hydrogens is 470 g/mol. The Morgan fingerprint density at radius 2 is 1.81 bits per heavy atom. The summed E-state index contributed by atoms with van der Waals surface area (Å²) in [4.78, 5) is 32.4. The van der Waals surface area contributed by atoms with Crippen molar-refractivity contribution in [2.45, 2.75) is 52.5 Å². The number of benzene rings is 1. The molecule has 1 aliphatic rings. The maximum Gasteiger partial charge on any atom is 0.295 e. The summed E-state index contributed by atoms with van der Waals surface area (Å²) in [6.45, 7) is 7.04. The van der Waals surface area contributed by atoms with E-state index in [2.05, 4.69) is 11.9 Å². The number of aryl methyl sites for hydroxylation is 2. The molecule has 1 unspecified atom stereocenters. The highest BCUT2D eigenvalue weighted by Crippen LogP contribution is 2.40. The smallest absolute Gasteiger partial charge is 0.295 e. The molecule has 1 atom stereocenters. The normalized spacial score (nSPS) is 17.2. The average Bonchev–Trinajstić information content (AvgIpc) is 3.37. The number of nitrogens with zero attached hydrogens (tertiary/aromatic N) is 3. The van der Waals surface area contributed by atoms with E-state index in [-0.39, 0.29) is 30.2 Å². The highest BCUT2D eigenvalue weighted by Gasteiger charge is 2.46. The van der Waals surface area contributed by atoms with Gasteiger partial charge in [0.1, 0.15) is 17.1 Å². The van der Waals surface area contributed by atoms with Crippen LogP contribution < -0.4 is 4.74 Å². The number of carbonyl (C=O) groups is 2. The molecule has 37 heavy (non-hydrogen) atoms. The van der Waals surface area contributed by atoms with E-state index in [0.29, 0.717) is 23.5 Å². The number of likely N-dealkylation sites (tertiary alicyclic amines) is 1. The fraction of sp³-hybridized carbons (Fsp3) is 0.414. The molecule has 0 bridgehead atoms. The van der Waals surface area contributed by atoms with E-state index in [9.17, 15) is 14.7 Å². The van der Waals surface area contributed by atoms with Crippen molar-refractivity contribution >= 4 is 23.1 Å². The zero-order valence-electron chi connectivity index (χ0n) is 22.0. The van der Waals surface area contributed by atoms with E-state index in [1.165, 1.54) is 17.7 Å². The molecule has 1 amide bonds. The number of methoxy groups -OCH3 is 1. The van der Waals surface area contributed by atoms with E-state index in [4.69, 9.17) is 9.47 Å². The first-order valence-electron chi connectivity index (χ1n) is 12.8. The van der Waals surface area contributed by atoms with Gasteiger partial charge >= 0.3 is 0 Å². The zero-order chi connectivity index (χ0) is 26.5. The summed E-state index contributed by atoms with van der Waals surface area (Å²) in [6.07, 6.45) is 6.34. The largest absolute Gasteiger partial charge is 0.505 e. The number of Topliss-reactive ketones (excluding diaryl/α,β-unsaturated/α-hetero) is 1. The van der Waals surface area contributed by atoms with Crippen LogP contribution >= 0.6 is 0 Å². The van der Waals surface area contributed by atoms with Gasteiger partial charge in [0.15, 0.2) is 5.76 Å².